The number of carbonyl (C=O) groups excluding carboxylic acids is 1. The van der Waals surface area contributed by atoms with Gasteiger partial charge in [-0.3, -0.25) is 9.20 Å². The summed E-state index contributed by atoms with van der Waals surface area (Å²) in [7, 11) is 0. The lowest BCUT2D eigenvalue weighted by molar-refractivity contribution is 0.0940. The molecule has 6 nitrogen and oxygen atoms in total. The molecule has 2 atom stereocenters. The minimum atomic E-state index is -0.0746. The average Bonchev–Trinajstić information content (AvgIpc) is 3.49. The number of carbonyl (C=O) groups is 1. The van der Waals surface area contributed by atoms with Crippen molar-refractivity contribution in [1.82, 2.24) is 14.7 Å². The summed E-state index contributed by atoms with van der Waals surface area (Å²) in [6.07, 6.45) is 9.81. The fourth-order valence-electron chi connectivity index (χ4n) is 5.82. The van der Waals surface area contributed by atoms with E-state index in [1.807, 2.05) is 29.7 Å². The van der Waals surface area contributed by atoms with Crippen molar-refractivity contribution in [1.29, 1.82) is 0 Å². The third-order valence-electron chi connectivity index (χ3n) is 7.81. The lowest BCUT2D eigenvalue weighted by Crippen LogP contribution is -2.29. The van der Waals surface area contributed by atoms with E-state index in [1.54, 1.807) is 0 Å². The number of imidazole rings is 1. The number of ether oxygens (including phenoxy) is 1. The Bertz CT molecular complexity index is 1170. The molecule has 0 radical (unpaired) electrons. The highest BCUT2D eigenvalue weighted by molar-refractivity contribution is 5.95. The number of nitrogens with zero attached hydrogens (tertiary/aromatic N) is 3. The van der Waals surface area contributed by atoms with E-state index in [2.05, 4.69) is 34.5 Å². The van der Waals surface area contributed by atoms with E-state index in [0.29, 0.717) is 24.8 Å². The van der Waals surface area contributed by atoms with E-state index in [0.717, 1.165) is 47.3 Å². The van der Waals surface area contributed by atoms with Crippen molar-refractivity contribution in [2.24, 2.45) is 11.8 Å². The number of rotatable bonds is 7. The number of aryl methyl sites for hydroxylation is 1. The van der Waals surface area contributed by atoms with Gasteiger partial charge in [-0.25, -0.2) is 4.98 Å². The molecule has 178 valence electrons. The average molecular weight is 459 g/mol. The van der Waals surface area contributed by atoms with E-state index >= 15 is 0 Å². The molecule has 34 heavy (non-hydrogen) atoms. The van der Waals surface area contributed by atoms with Crippen molar-refractivity contribution in [3.05, 3.63) is 59.5 Å². The van der Waals surface area contributed by atoms with Crippen molar-refractivity contribution in [2.45, 2.75) is 51.4 Å². The molecule has 2 saturated carbocycles. The molecule has 2 aliphatic carbocycles. The van der Waals surface area contributed by atoms with Gasteiger partial charge in [-0.2, -0.15) is 0 Å². The Kier molecular flexibility index (Phi) is 5.67. The van der Waals surface area contributed by atoms with Gasteiger partial charge in [-0.15, -0.1) is 0 Å². The van der Waals surface area contributed by atoms with Crippen LogP contribution in [0.3, 0.4) is 0 Å². The fraction of sp³-hybridized carbons (Fsp3) is 0.500. The summed E-state index contributed by atoms with van der Waals surface area (Å²) in [5.74, 6) is 2.94. The van der Waals surface area contributed by atoms with Gasteiger partial charge in [0.2, 0.25) is 0 Å². The van der Waals surface area contributed by atoms with E-state index < -0.39 is 0 Å². The van der Waals surface area contributed by atoms with E-state index in [4.69, 9.17) is 9.72 Å². The minimum Gasteiger partial charge on any atom is -0.492 e. The first-order valence-corrected chi connectivity index (χ1v) is 12.9. The van der Waals surface area contributed by atoms with Crippen molar-refractivity contribution >= 4 is 17.2 Å². The third kappa shape index (κ3) is 4.26. The van der Waals surface area contributed by atoms with E-state index in [-0.39, 0.29) is 5.91 Å². The maximum absolute atomic E-state index is 13.1. The van der Waals surface area contributed by atoms with Crippen LogP contribution in [0, 0.1) is 18.8 Å². The second-order valence-corrected chi connectivity index (χ2v) is 10.4. The van der Waals surface area contributed by atoms with Gasteiger partial charge in [-0.1, -0.05) is 18.9 Å². The van der Waals surface area contributed by atoms with Gasteiger partial charge in [0.15, 0.2) is 0 Å². The van der Waals surface area contributed by atoms with Crippen LogP contribution in [0.2, 0.25) is 0 Å². The second-order valence-electron chi connectivity index (χ2n) is 10.4. The van der Waals surface area contributed by atoms with Gasteiger partial charge in [0.1, 0.15) is 23.7 Å². The molecule has 1 amide bonds. The molecular formula is C28H34N4O2. The molecule has 3 aliphatic rings. The summed E-state index contributed by atoms with van der Waals surface area (Å²) in [6, 6.07) is 12.5. The third-order valence-corrected chi connectivity index (χ3v) is 7.81. The molecule has 1 saturated heterocycles. The standard InChI is InChI=1S/C28H34N4O2/c1-19-6-13-25-30-26(20-7-8-20)27(32(25)16-19)28(33)29-14-15-34-24-11-9-23(10-12-24)31-17-21-4-2-3-5-22(21)18-31/h6,9-13,16,20-22H,2-5,7-8,14-15,17-18H2,1H3,(H,29,33). The molecule has 1 aromatic carbocycles. The number of fused-ring (bicyclic) bond motifs is 2. The molecule has 1 aliphatic heterocycles. The maximum Gasteiger partial charge on any atom is 0.270 e. The number of hydrogen-bond donors (Lipinski definition) is 1. The normalized spacial score (nSPS) is 22.1. The fourth-order valence-corrected chi connectivity index (χ4v) is 5.82. The Hall–Kier alpha value is -3.02. The van der Waals surface area contributed by atoms with Crippen LogP contribution in [0.1, 0.15) is 66.2 Å². The molecule has 3 heterocycles. The first-order chi connectivity index (χ1) is 16.7. The molecule has 2 unspecified atom stereocenters. The SMILES string of the molecule is Cc1ccc2nc(C3CC3)c(C(=O)NCCOc3ccc(N4CC5CCCCC5C4)cc3)n2c1. The number of benzene rings is 1. The largest absolute Gasteiger partial charge is 0.492 e. The molecule has 0 bridgehead atoms. The van der Waals surface area contributed by atoms with Crippen LogP contribution in [0.15, 0.2) is 42.6 Å². The van der Waals surface area contributed by atoms with Crippen LogP contribution < -0.4 is 15.0 Å². The summed E-state index contributed by atoms with van der Waals surface area (Å²) in [5.41, 5.74) is 4.86. The zero-order chi connectivity index (χ0) is 23.1. The highest BCUT2D eigenvalue weighted by Crippen LogP contribution is 2.41. The summed E-state index contributed by atoms with van der Waals surface area (Å²) < 4.78 is 7.86. The quantitative estimate of drug-likeness (QED) is 0.509. The number of pyridine rings is 1. The second kappa shape index (κ2) is 8.97. The van der Waals surface area contributed by atoms with Gasteiger partial charge in [0.25, 0.3) is 5.91 Å². The van der Waals surface area contributed by atoms with Crippen molar-refractivity contribution in [2.75, 3.05) is 31.1 Å². The van der Waals surface area contributed by atoms with Crippen LogP contribution in [-0.2, 0) is 0 Å². The Morgan fingerprint density at radius 1 is 1.03 bits per heavy atom. The highest BCUT2D eigenvalue weighted by Gasteiger charge is 2.34. The summed E-state index contributed by atoms with van der Waals surface area (Å²) in [4.78, 5) is 20.3. The van der Waals surface area contributed by atoms with Crippen LogP contribution in [0.5, 0.6) is 5.75 Å². The zero-order valence-electron chi connectivity index (χ0n) is 20.0. The van der Waals surface area contributed by atoms with Gasteiger partial charge in [0, 0.05) is 30.9 Å². The first kappa shape index (κ1) is 21.5. The molecule has 6 rings (SSSR count). The predicted octanol–water partition coefficient (Wildman–Crippen LogP) is 4.96. The minimum absolute atomic E-state index is 0.0746. The van der Waals surface area contributed by atoms with Crippen LogP contribution in [0.25, 0.3) is 5.65 Å². The number of aromatic nitrogens is 2. The van der Waals surface area contributed by atoms with Gasteiger partial charge in [-0.05, 0) is 80.3 Å². The summed E-state index contributed by atoms with van der Waals surface area (Å²) >= 11 is 0. The molecule has 0 spiro atoms. The monoisotopic (exact) mass is 458 g/mol. The number of hydrogen-bond acceptors (Lipinski definition) is 4. The molecule has 1 N–H and O–H groups in total. The zero-order valence-corrected chi connectivity index (χ0v) is 20.0. The Morgan fingerprint density at radius 3 is 2.47 bits per heavy atom. The van der Waals surface area contributed by atoms with E-state index in [1.165, 1.54) is 44.5 Å². The lowest BCUT2D eigenvalue weighted by atomic mass is 9.82. The Morgan fingerprint density at radius 2 is 1.76 bits per heavy atom. The Labute approximate surface area is 201 Å². The maximum atomic E-state index is 13.1. The smallest absolute Gasteiger partial charge is 0.270 e. The molecule has 3 aromatic rings. The van der Waals surface area contributed by atoms with E-state index in [9.17, 15) is 4.79 Å². The topological polar surface area (TPSA) is 58.9 Å². The van der Waals surface area contributed by atoms with Crippen LogP contribution in [0.4, 0.5) is 5.69 Å². The summed E-state index contributed by atoms with van der Waals surface area (Å²) in [5, 5.41) is 3.04. The summed E-state index contributed by atoms with van der Waals surface area (Å²) in [6.45, 7) is 5.33. The first-order valence-electron chi connectivity index (χ1n) is 12.9. The van der Waals surface area contributed by atoms with Crippen LogP contribution in [-0.4, -0.2) is 41.5 Å². The lowest BCUT2D eigenvalue weighted by Gasteiger charge is -2.22. The molecule has 2 aromatic heterocycles. The highest BCUT2D eigenvalue weighted by atomic mass is 16.5. The van der Waals surface area contributed by atoms with Crippen LogP contribution >= 0.6 is 0 Å². The van der Waals surface area contributed by atoms with Gasteiger partial charge >= 0.3 is 0 Å². The van der Waals surface area contributed by atoms with Gasteiger partial charge < -0.3 is 15.0 Å². The van der Waals surface area contributed by atoms with Crippen molar-refractivity contribution in [3.63, 3.8) is 0 Å². The van der Waals surface area contributed by atoms with Crippen molar-refractivity contribution in [3.8, 4) is 5.75 Å². The molecule has 6 heteroatoms. The number of amides is 1. The van der Waals surface area contributed by atoms with Crippen molar-refractivity contribution < 1.29 is 9.53 Å². The number of nitrogens with one attached hydrogen (secondary N) is 1. The molecule has 3 fully saturated rings. The number of anilines is 1. The predicted molar refractivity (Wildman–Crippen MR) is 134 cm³/mol. The van der Waals surface area contributed by atoms with Gasteiger partial charge in [0.05, 0.1) is 12.2 Å². The molecular weight excluding hydrogens is 424 g/mol. The Balaban J connectivity index is 1.04.